The molecule has 4 nitrogen and oxygen atoms in total. The first-order valence-corrected chi connectivity index (χ1v) is 6.97. The van der Waals surface area contributed by atoms with E-state index in [2.05, 4.69) is 11.9 Å². The zero-order valence-corrected chi connectivity index (χ0v) is 11.0. The van der Waals surface area contributed by atoms with Gasteiger partial charge in [0.2, 0.25) is 5.78 Å². The zero-order chi connectivity index (χ0) is 13.0. The molecule has 1 unspecified atom stereocenters. The van der Waals surface area contributed by atoms with E-state index in [0.29, 0.717) is 5.82 Å². The molecular weight excluding hydrogens is 228 g/mol. The smallest absolute Gasteiger partial charge is 0.226 e. The fourth-order valence-electron chi connectivity index (χ4n) is 2.75. The summed E-state index contributed by atoms with van der Waals surface area (Å²) >= 11 is 0. The lowest BCUT2D eigenvalue weighted by Gasteiger charge is -2.25. The van der Waals surface area contributed by atoms with Crippen molar-refractivity contribution in [3.63, 3.8) is 0 Å². The Hall–Kier alpha value is -1.16. The molecule has 2 rings (SSSR count). The Morgan fingerprint density at radius 1 is 1.50 bits per heavy atom. The number of Topliss-reactive ketones (excluding diaryl/α,β-unsaturated/α-hetero) is 1. The van der Waals surface area contributed by atoms with Crippen LogP contribution in [0.4, 0.5) is 0 Å². The number of aliphatic hydroxyl groups is 1. The molecule has 0 radical (unpaired) electrons. The van der Waals surface area contributed by atoms with Crippen LogP contribution < -0.4 is 0 Å². The van der Waals surface area contributed by atoms with E-state index in [9.17, 15) is 9.90 Å². The van der Waals surface area contributed by atoms with Gasteiger partial charge in [0.25, 0.3) is 0 Å². The summed E-state index contributed by atoms with van der Waals surface area (Å²) in [6, 6.07) is 0. The van der Waals surface area contributed by atoms with Crippen molar-refractivity contribution in [3.8, 4) is 0 Å². The average Bonchev–Trinajstić information content (AvgIpc) is 2.87. The van der Waals surface area contributed by atoms with E-state index in [1.807, 2.05) is 10.8 Å². The van der Waals surface area contributed by atoms with Gasteiger partial charge in [-0.1, -0.05) is 26.2 Å². The van der Waals surface area contributed by atoms with Crippen molar-refractivity contribution in [2.75, 3.05) is 0 Å². The lowest BCUT2D eigenvalue weighted by atomic mass is 9.83. The molecule has 1 N–H and O–H groups in total. The fourth-order valence-corrected chi connectivity index (χ4v) is 2.75. The van der Waals surface area contributed by atoms with Crippen molar-refractivity contribution in [3.05, 3.63) is 18.2 Å². The maximum atomic E-state index is 12.3. The molecule has 0 amide bonds. The van der Waals surface area contributed by atoms with Crippen LogP contribution in [-0.4, -0.2) is 26.5 Å². The number of carbonyl (C=O) groups excluding carboxylic acids is 1. The first-order valence-electron chi connectivity index (χ1n) is 6.97. The molecule has 0 aromatic carbocycles. The van der Waals surface area contributed by atoms with Crippen LogP contribution >= 0.6 is 0 Å². The maximum absolute atomic E-state index is 12.3. The van der Waals surface area contributed by atoms with Gasteiger partial charge in [0.15, 0.2) is 5.82 Å². The van der Waals surface area contributed by atoms with Gasteiger partial charge in [0.1, 0.15) is 6.10 Å². The molecule has 1 heterocycles. The van der Waals surface area contributed by atoms with Crippen LogP contribution in [0.5, 0.6) is 0 Å². The first kappa shape index (κ1) is 13.3. The summed E-state index contributed by atoms with van der Waals surface area (Å²) < 4.78 is 1.84. The molecule has 0 aliphatic heterocycles. The monoisotopic (exact) mass is 250 g/mol. The lowest BCUT2D eigenvalue weighted by molar-refractivity contribution is 0.0519. The lowest BCUT2D eigenvalue weighted by Crippen LogP contribution is -2.33. The van der Waals surface area contributed by atoms with Crippen LogP contribution in [0, 0.1) is 5.92 Å². The molecule has 1 aromatic heterocycles. The number of aromatic nitrogens is 2. The van der Waals surface area contributed by atoms with Gasteiger partial charge in [-0.15, -0.1) is 0 Å². The van der Waals surface area contributed by atoms with Gasteiger partial charge in [-0.3, -0.25) is 4.79 Å². The number of hydrogen-bond acceptors (Lipinski definition) is 3. The Morgan fingerprint density at radius 2 is 2.22 bits per heavy atom. The minimum atomic E-state index is -0.872. The highest BCUT2D eigenvalue weighted by molar-refractivity contribution is 5.96. The highest BCUT2D eigenvalue weighted by Gasteiger charge is 2.30. The summed E-state index contributed by atoms with van der Waals surface area (Å²) in [7, 11) is 0. The Balaban J connectivity index is 2.07. The van der Waals surface area contributed by atoms with Gasteiger partial charge < -0.3 is 9.67 Å². The third-order valence-corrected chi connectivity index (χ3v) is 3.77. The first-order chi connectivity index (χ1) is 8.74. The van der Waals surface area contributed by atoms with Crippen molar-refractivity contribution in [2.45, 2.75) is 58.1 Å². The normalized spacial score (nSPS) is 18.8. The Kier molecular flexibility index (Phi) is 4.53. The summed E-state index contributed by atoms with van der Waals surface area (Å²) in [5.74, 6) is 0.327. The molecule has 1 aromatic rings. The van der Waals surface area contributed by atoms with Gasteiger partial charge in [-0.25, -0.2) is 4.98 Å². The van der Waals surface area contributed by atoms with Crippen LogP contribution in [0.1, 0.15) is 56.1 Å². The molecule has 1 atom stereocenters. The topological polar surface area (TPSA) is 55.1 Å². The van der Waals surface area contributed by atoms with Crippen molar-refractivity contribution in [1.82, 2.24) is 9.55 Å². The number of imidazole rings is 1. The highest BCUT2D eigenvalue weighted by atomic mass is 16.3. The van der Waals surface area contributed by atoms with Gasteiger partial charge in [-0.2, -0.15) is 0 Å². The molecule has 0 spiro atoms. The van der Waals surface area contributed by atoms with Gasteiger partial charge in [0.05, 0.1) is 0 Å². The SMILES string of the molecule is CCCn1ccnc1C(=O)C(O)C1CCCCC1. The molecule has 18 heavy (non-hydrogen) atoms. The van der Waals surface area contributed by atoms with Crippen LogP contribution in [-0.2, 0) is 6.54 Å². The van der Waals surface area contributed by atoms with E-state index in [-0.39, 0.29) is 11.7 Å². The molecular formula is C14H22N2O2. The van der Waals surface area contributed by atoms with E-state index in [4.69, 9.17) is 0 Å². The summed E-state index contributed by atoms with van der Waals surface area (Å²) in [6.07, 6.45) is 8.92. The van der Waals surface area contributed by atoms with Crippen LogP contribution in [0.15, 0.2) is 12.4 Å². The van der Waals surface area contributed by atoms with E-state index in [1.165, 1.54) is 6.42 Å². The molecule has 1 fully saturated rings. The second-order valence-corrected chi connectivity index (χ2v) is 5.15. The van der Waals surface area contributed by atoms with E-state index >= 15 is 0 Å². The Labute approximate surface area is 108 Å². The third-order valence-electron chi connectivity index (χ3n) is 3.77. The molecule has 1 saturated carbocycles. The Morgan fingerprint density at radius 3 is 2.89 bits per heavy atom. The predicted molar refractivity (Wildman–Crippen MR) is 69.4 cm³/mol. The van der Waals surface area contributed by atoms with Crippen molar-refractivity contribution < 1.29 is 9.90 Å². The summed E-state index contributed by atoms with van der Waals surface area (Å²) in [4.78, 5) is 16.4. The molecule has 4 heteroatoms. The van der Waals surface area contributed by atoms with Crippen molar-refractivity contribution in [2.24, 2.45) is 5.92 Å². The second kappa shape index (κ2) is 6.14. The number of hydrogen-bond donors (Lipinski definition) is 1. The van der Waals surface area contributed by atoms with Crippen molar-refractivity contribution >= 4 is 5.78 Å². The van der Waals surface area contributed by atoms with E-state index in [0.717, 1.165) is 38.6 Å². The maximum Gasteiger partial charge on any atom is 0.226 e. The summed E-state index contributed by atoms with van der Waals surface area (Å²) in [5, 5.41) is 10.2. The zero-order valence-electron chi connectivity index (χ0n) is 11.0. The molecule has 1 aliphatic rings. The van der Waals surface area contributed by atoms with Crippen LogP contribution in [0.25, 0.3) is 0 Å². The highest BCUT2D eigenvalue weighted by Crippen LogP contribution is 2.27. The van der Waals surface area contributed by atoms with Gasteiger partial charge in [-0.05, 0) is 25.2 Å². The van der Waals surface area contributed by atoms with E-state index in [1.54, 1.807) is 6.20 Å². The van der Waals surface area contributed by atoms with Crippen molar-refractivity contribution in [1.29, 1.82) is 0 Å². The minimum Gasteiger partial charge on any atom is -0.385 e. The standard InChI is InChI=1S/C14H22N2O2/c1-2-9-16-10-8-15-14(16)13(18)12(17)11-6-4-3-5-7-11/h8,10-12,17H,2-7,9H2,1H3. The molecule has 0 bridgehead atoms. The second-order valence-electron chi connectivity index (χ2n) is 5.15. The quantitative estimate of drug-likeness (QED) is 0.816. The van der Waals surface area contributed by atoms with Gasteiger partial charge in [0, 0.05) is 18.9 Å². The summed E-state index contributed by atoms with van der Waals surface area (Å²) in [6.45, 7) is 2.84. The molecule has 1 aliphatic carbocycles. The number of nitrogens with zero attached hydrogens (tertiary/aromatic N) is 2. The van der Waals surface area contributed by atoms with Crippen LogP contribution in [0.3, 0.4) is 0 Å². The molecule has 100 valence electrons. The Bertz CT molecular complexity index is 394. The predicted octanol–water partition coefficient (Wildman–Crippen LogP) is 2.42. The largest absolute Gasteiger partial charge is 0.385 e. The number of aliphatic hydroxyl groups excluding tert-OH is 1. The number of aryl methyl sites for hydroxylation is 1. The minimum absolute atomic E-state index is 0.123. The number of rotatable bonds is 5. The van der Waals surface area contributed by atoms with E-state index < -0.39 is 6.10 Å². The average molecular weight is 250 g/mol. The fraction of sp³-hybridized carbons (Fsp3) is 0.714. The van der Waals surface area contributed by atoms with Gasteiger partial charge >= 0.3 is 0 Å². The van der Waals surface area contributed by atoms with Crippen LogP contribution in [0.2, 0.25) is 0 Å². The molecule has 0 saturated heterocycles. The summed E-state index contributed by atoms with van der Waals surface area (Å²) in [5.41, 5.74) is 0. The third kappa shape index (κ3) is 2.80. The number of ketones is 1. The number of carbonyl (C=O) groups is 1.